The number of benzene rings is 7. The maximum Gasteiger partial charge on any atom is 0.344 e. The fourth-order valence-corrected chi connectivity index (χ4v) is 8.21. The molecule has 10 rings (SSSR count). The number of rotatable bonds is 2. The number of fused-ring (bicyclic) bond motifs is 13. The highest BCUT2D eigenvalue weighted by molar-refractivity contribution is 6.05. The lowest BCUT2D eigenvalue weighted by Crippen LogP contribution is -2.25. The Hall–Kier alpha value is -5.99. The van der Waals surface area contributed by atoms with Crippen LogP contribution in [-0.4, -0.2) is 0 Å². The van der Waals surface area contributed by atoms with Gasteiger partial charge in [-0.25, -0.2) is 4.79 Å². The zero-order valence-electron chi connectivity index (χ0n) is 24.8. The average molecular weight is 587 g/mol. The van der Waals surface area contributed by atoms with Crippen LogP contribution in [0.25, 0.3) is 66.2 Å². The fraction of sp³-hybridized carbons (Fsp3) is 0.0227. The molecule has 0 saturated carbocycles. The van der Waals surface area contributed by atoms with Crippen molar-refractivity contribution in [3.8, 4) is 44.5 Å². The van der Waals surface area contributed by atoms with Gasteiger partial charge in [0.25, 0.3) is 0 Å². The normalized spacial score (nSPS) is 13.5. The Morgan fingerprint density at radius 2 is 0.891 bits per heavy atom. The second-order valence-corrected chi connectivity index (χ2v) is 12.4. The molecular formula is C44H26O2. The molecule has 2 heteroatoms. The number of para-hydroxylation sites is 1. The van der Waals surface area contributed by atoms with Gasteiger partial charge in [-0.2, -0.15) is 0 Å². The van der Waals surface area contributed by atoms with Crippen molar-refractivity contribution in [3.05, 3.63) is 190 Å². The Morgan fingerprint density at radius 1 is 0.370 bits per heavy atom. The SMILES string of the molecule is O=c1oc2ccccc2c2ccc(-c3cccc(-c4ccc5c(c4)C4(c6ccccc6-c6ccccc64)c4ccccc4-5)c3)cc12. The Bertz CT molecular complexity index is 2560. The molecule has 46 heavy (non-hydrogen) atoms. The van der Waals surface area contributed by atoms with Gasteiger partial charge in [0, 0.05) is 5.39 Å². The molecule has 1 aromatic heterocycles. The van der Waals surface area contributed by atoms with Gasteiger partial charge in [-0.15, -0.1) is 0 Å². The molecule has 2 nitrogen and oxygen atoms in total. The Labute approximate surface area is 265 Å². The molecule has 2 aliphatic rings. The summed E-state index contributed by atoms with van der Waals surface area (Å²) in [5.41, 5.74) is 14.8. The molecule has 0 atom stereocenters. The van der Waals surface area contributed by atoms with E-state index in [1.54, 1.807) is 0 Å². The van der Waals surface area contributed by atoms with Gasteiger partial charge < -0.3 is 4.42 Å². The van der Waals surface area contributed by atoms with E-state index in [9.17, 15) is 4.79 Å². The summed E-state index contributed by atoms with van der Waals surface area (Å²) in [6.07, 6.45) is 0. The molecule has 0 fully saturated rings. The molecule has 2 aliphatic carbocycles. The minimum absolute atomic E-state index is 0.313. The van der Waals surface area contributed by atoms with E-state index in [0.29, 0.717) is 11.0 Å². The first-order valence-corrected chi connectivity index (χ1v) is 15.7. The zero-order chi connectivity index (χ0) is 30.4. The predicted molar refractivity (Wildman–Crippen MR) is 187 cm³/mol. The summed E-state index contributed by atoms with van der Waals surface area (Å²) in [7, 11) is 0. The Kier molecular flexibility index (Phi) is 5.10. The van der Waals surface area contributed by atoms with E-state index < -0.39 is 0 Å². The first-order valence-electron chi connectivity index (χ1n) is 15.7. The summed E-state index contributed by atoms with van der Waals surface area (Å²) in [6.45, 7) is 0. The van der Waals surface area contributed by atoms with Gasteiger partial charge in [-0.1, -0.05) is 133 Å². The third-order valence-electron chi connectivity index (χ3n) is 10.1. The lowest BCUT2D eigenvalue weighted by Gasteiger charge is -2.30. The minimum Gasteiger partial charge on any atom is -0.422 e. The molecule has 1 heterocycles. The zero-order valence-corrected chi connectivity index (χ0v) is 24.8. The molecule has 0 amide bonds. The van der Waals surface area contributed by atoms with Crippen LogP contribution in [0.5, 0.6) is 0 Å². The van der Waals surface area contributed by atoms with E-state index in [1.165, 1.54) is 50.1 Å². The molecule has 1 spiro atoms. The van der Waals surface area contributed by atoms with Gasteiger partial charge >= 0.3 is 5.63 Å². The van der Waals surface area contributed by atoms with Crippen LogP contribution in [0.1, 0.15) is 22.3 Å². The van der Waals surface area contributed by atoms with Crippen LogP contribution < -0.4 is 5.63 Å². The van der Waals surface area contributed by atoms with Crippen molar-refractivity contribution in [2.24, 2.45) is 0 Å². The van der Waals surface area contributed by atoms with Crippen LogP contribution in [0.15, 0.2) is 167 Å². The average Bonchev–Trinajstić information content (AvgIpc) is 3.59. The minimum atomic E-state index is -0.373. The Balaban J connectivity index is 1.16. The summed E-state index contributed by atoms with van der Waals surface area (Å²) in [5, 5.41) is 2.45. The summed E-state index contributed by atoms with van der Waals surface area (Å²) < 4.78 is 5.67. The third kappa shape index (κ3) is 3.28. The van der Waals surface area contributed by atoms with Gasteiger partial charge in [0.15, 0.2) is 0 Å². The summed E-state index contributed by atoms with van der Waals surface area (Å²) in [4.78, 5) is 13.0. The van der Waals surface area contributed by atoms with Crippen LogP contribution in [0, 0.1) is 0 Å². The molecule has 214 valence electrons. The van der Waals surface area contributed by atoms with Crippen LogP contribution in [0.2, 0.25) is 0 Å². The molecule has 0 bridgehead atoms. The molecule has 8 aromatic rings. The third-order valence-corrected chi connectivity index (χ3v) is 10.1. The van der Waals surface area contributed by atoms with E-state index in [0.717, 1.165) is 27.5 Å². The highest BCUT2D eigenvalue weighted by Crippen LogP contribution is 2.63. The molecule has 0 aliphatic heterocycles. The lowest BCUT2D eigenvalue weighted by atomic mass is 9.70. The molecule has 0 radical (unpaired) electrons. The monoisotopic (exact) mass is 586 g/mol. The topological polar surface area (TPSA) is 30.2 Å². The number of hydrogen-bond donors (Lipinski definition) is 0. The number of hydrogen-bond acceptors (Lipinski definition) is 2. The van der Waals surface area contributed by atoms with Crippen molar-refractivity contribution >= 4 is 21.7 Å². The van der Waals surface area contributed by atoms with Crippen LogP contribution >= 0.6 is 0 Å². The summed E-state index contributed by atoms with van der Waals surface area (Å²) in [6, 6.07) is 56.1. The second kappa shape index (κ2) is 9.26. The highest BCUT2D eigenvalue weighted by atomic mass is 16.4. The molecule has 7 aromatic carbocycles. The van der Waals surface area contributed by atoms with Gasteiger partial charge in [0.05, 0.1) is 10.8 Å². The maximum absolute atomic E-state index is 13.0. The van der Waals surface area contributed by atoms with Gasteiger partial charge in [0.1, 0.15) is 5.58 Å². The largest absolute Gasteiger partial charge is 0.422 e. The smallest absolute Gasteiger partial charge is 0.344 e. The van der Waals surface area contributed by atoms with Crippen molar-refractivity contribution in [1.82, 2.24) is 0 Å². The fourth-order valence-electron chi connectivity index (χ4n) is 8.21. The Morgan fingerprint density at radius 3 is 1.57 bits per heavy atom. The molecule has 0 saturated heterocycles. The van der Waals surface area contributed by atoms with Gasteiger partial charge in [0.2, 0.25) is 0 Å². The molecule has 0 N–H and O–H groups in total. The molecular weight excluding hydrogens is 560 g/mol. The van der Waals surface area contributed by atoms with Crippen molar-refractivity contribution < 1.29 is 4.42 Å². The maximum atomic E-state index is 13.0. The van der Waals surface area contributed by atoms with Crippen LogP contribution in [0.3, 0.4) is 0 Å². The summed E-state index contributed by atoms with van der Waals surface area (Å²) in [5.74, 6) is 0. The van der Waals surface area contributed by atoms with Crippen molar-refractivity contribution in [3.63, 3.8) is 0 Å². The van der Waals surface area contributed by atoms with Crippen molar-refractivity contribution in [1.29, 1.82) is 0 Å². The van der Waals surface area contributed by atoms with Gasteiger partial charge in [-0.05, 0) is 96.4 Å². The van der Waals surface area contributed by atoms with Crippen molar-refractivity contribution in [2.45, 2.75) is 5.41 Å². The molecule has 0 unspecified atom stereocenters. The lowest BCUT2D eigenvalue weighted by molar-refractivity contribution is 0.569. The van der Waals surface area contributed by atoms with E-state index >= 15 is 0 Å². The predicted octanol–water partition coefficient (Wildman–Crippen LogP) is 10.6. The van der Waals surface area contributed by atoms with Gasteiger partial charge in [-0.3, -0.25) is 0 Å². The van der Waals surface area contributed by atoms with Crippen LogP contribution in [-0.2, 0) is 5.41 Å². The van der Waals surface area contributed by atoms with Crippen LogP contribution in [0.4, 0.5) is 0 Å². The second-order valence-electron chi connectivity index (χ2n) is 12.4. The quantitative estimate of drug-likeness (QED) is 0.149. The first kappa shape index (κ1) is 25.3. The van der Waals surface area contributed by atoms with E-state index in [1.807, 2.05) is 36.4 Å². The van der Waals surface area contributed by atoms with E-state index in [4.69, 9.17) is 4.42 Å². The standard InChI is InChI=1S/C44H26O2/c45-43-37-25-29(20-22-31(37)36-15-4-8-19-42(36)46-43)27-10-9-11-28(24-27)30-21-23-35-34-14-3-7-18-40(34)44(41(35)26-30)38-16-5-1-12-32(38)33-13-2-6-17-39(33)44/h1-26H. The van der Waals surface area contributed by atoms with Crippen molar-refractivity contribution in [2.75, 3.05) is 0 Å². The van der Waals surface area contributed by atoms with E-state index in [2.05, 4.69) is 121 Å². The highest BCUT2D eigenvalue weighted by Gasteiger charge is 2.51. The first-order chi connectivity index (χ1) is 22.7. The van der Waals surface area contributed by atoms with E-state index in [-0.39, 0.29) is 11.0 Å². The summed E-state index contributed by atoms with van der Waals surface area (Å²) >= 11 is 0.